The topological polar surface area (TPSA) is 111 Å². The fraction of sp³-hybridized carbons (Fsp3) is 0.800. The number of allylic oxidation sites excluding steroid dienone is 6. The molecule has 10 heteroatoms. The van der Waals surface area contributed by atoms with Gasteiger partial charge in [0.2, 0.25) is 0 Å². The number of unbranched alkanes of at least 4 members (excludes halogenated alkanes) is 15. The van der Waals surface area contributed by atoms with Gasteiger partial charge in [0, 0.05) is 12.8 Å². The summed E-state index contributed by atoms with van der Waals surface area (Å²) < 4.78 is 33.6. The molecule has 50 heavy (non-hydrogen) atoms. The molecule has 0 rings (SSSR count). The van der Waals surface area contributed by atoms with Gasteiger partial charge in [0.15, 0.2) is 6.10 Å². The molecule has 0 aliphatic heterocycles. The van der Waals surface area contributed by atoms with Crippen LogP contribution in [0.1, 0.15) is 155 Å². The molecular weight excluding hydrogens is 653 g/mol. The molecule has 2 atom stereocenters. The lowest BCUT2D eigenvalue weighted by molar-refractivity contribution is -0.870. The molecule has 0 aromatic rings. The van der Waals surface area contributed by atoms with Crippen LogP contribution in [0.25, 0.3) is 0 Å². The molecule has 0 fully saturated rings. The molecule has 2 unspecified atom stereocenters. The summed E-state index contributed by atoms with van der Waals surface area (Å²) in [5.41, 5.74) is 0. The Labute approximate surface area is 306 Å². The Kier molecular flexibility index (Phi) is 31.9. The third kappa shape index (κ3) is 36.0. The highest BCUT2D eigenvalue weighted by Crippen LogP contribution is 2.38. The van der Waals surface area contributed by atoms with Crippen molar-refractivity contribution in [3.05, 3.63) is 36.5 Å². The Morgan fingerprint density at radius 1 is 0.620 bits per heavy atom. The van der Waals surface area contributed by atoms with Crippen LogP contribution < -0.4 is 4.89 Å². The van der Waals surface area contributed by atoms with E-state index in [9.17, 15) is 19.0 Å². The first kappa shape index (κ1) is 48.2. The zero-order chi connectivity index (χ0) is 37.2. The number of hydrogen-bond acceptors (Lipinski definition) is 8. The normalized spacial score (nSPS) is 14.1. The summed E-state index contributed by atoms with van der Waals surface area (Å²) in [6.07, 6.45) is 34.8. The van der Waals surface area contributed by atoms with E-state index in [1.54, 1.807) is 0 Å². The quantitative estimate of drug-likeness (QED) is 0.0209. The zero-order valence-electron chi connectivity index (χ0n) is 32.6. The standard InChI is InChI=1S/C40H74NO8P/c1-6-8-10-12-14-16-18-20-22-24-26-28-30-32-39(42)46-36-38(37-48-50(44,45)47-35-34-41(3,4)5)49-40(43)33-31-29-27-25-23-21-19-17-15-13-11-9-7-2/h20-23,27,29,38H,6-19,24-26,28,30-37H2,1-5H3/b22-20+,23-21+,29-27+. The first-order chi connectivity index (χ1) is 24.0. The van der Waals surface area contributed by atoms with Crippen LogP contribution in [0, 0.1) is 0 Å². The Morgan fingerprint density at radius 2 is 1.12 bits per heavy atom. The van der Waals surface area contributed by atoms with Gasteiger partial charge >= 0.3 is 11.9 Å². The molecule has 0 aromatic heterocycles. The summed E-state index contributed by atoms with van der Waals surface area (Å²) in [5, 5.41) is 0. The monoisotopic (exact) mass is 728 g/mol. The van der Waals surface area contributed by atoms with E-state index in [0.29, 0.717) is 23.9 Å². The van der Waals surface area contributed by atoms with Gasteiger partial charge in [-0.3, -0.25) is 14.2 Å². The van der Waals surface area contributed by atoms with Crippen LogP contribution in [0.2, 0.25) is 0 Å². The fourth-order valence-corrected chi connectivity index (χ4v) is 5.72. The number of quaternary nitrogens is 1. The molecule has 0 aromatic carbocycles. The van der Waals surface area contributed by atoms with Crippen molar-refractivity contribution in [1.82, 2.24) is 0 Å². The lowest BCUT2D eigenvalue weighted by atomic mass is 10.1. The second-order valence-corrected chi connectivity index (χ2v) is 15.7. The minimum atomic E-state index is -4.63. The molecule has 0 bridgehead atoms. The molecule has 292 valence electrons. The number of ether oxygens (including phenoxy) is 2. The van der Waals surface area contributed by atoms with Gasteiger partial charge in [-0.05, 0) is 57.8 Å². The van der Waals surface area contributed by atoms with Crippen molar-refractivity contribution in [1.29, 1.82) is 0 Å². The smallest absolute Gasteiger partial charge is 0.306 e. The fourth-order valence-electron chi connectivity index (χ4n) is 4.99. The van der Waals surface area contributed by atoms with Gasteiger partial charge in [0.05, 0.1) is 27.7 Å². The summed E-state index contributed by atoms with van der Waals surface area (Å²) in [4.78, 5) is 37.3. The maximum atomic E-state index is 12.6. The van der Waals surface area contributed by atoms with Gasteiger partial charge in [-0.2, -0.15) is 0 Å². The highest BCUT2D eigenvalue weighted by Gasteiger charge is 2.21. The third-order valence-corrected chi connectivity index (χ3v) is 9.11. The maximum Gasteiger partial charge on any atom is 0.306 e. The second-order valence-electron chi connectivity index (χ2n) is 14.3. The lowest BCUT2D eigenvalue weighted by Gasteiger charge is -2.28. The number of likely N-dealkylation sites (N-methyl/N-ethyl adjacent to an activating group) is 1. The molecule has 0 aliphatic carbocycles. The van der Waals surface area contributed by atoms with Crippen molar-refractivity contribution in [2.75, 3.05) is 47.5 Å². The van der Waals surface area contributed by atoms with Crippen LogP contribution >= 0.6 is 7.82 Å². The van der Waals surface area contributed by atoms with Gasteiger partial charge in [-0.15, -0.1) is 0 Å². The molecule has 0 amide bonds. The van der Waals surface area contributed by atoms with Crippen LogP contribution in [0.3, 0.4) is 0 Å². The number of carbonyl (C=O) groups excluding carboxylic acids is 2. The number of esters is 2. The highest BCUT2D eigenvalue weighted by molar-refractivity contribution is 7.45. The Balaban J connectivity index is 4.54. The van der Waals surface area contributed by atoms with Crippen molar-refractivity contribution in [2.45, 2.75) is 161 Å². The van der Waals surface area contributed by atoms with Gasteiger partial charge in [0.1, 0.15) is 19.8 Å². The minimum absolute atomic E-state index is 0.0425. The summed E-state index contributed by atoms with van der Waals surface area (Å²) >= 11 is 0. The number of carbonyl (C=O) groups is 2. The molecule has 0 saturated heterocycles. The lowest BCUT2D eigenvalue weighted by Crippen LogP contribution is -2.37. The third-order valence-electron chi connectivity index (χ3n) is 8.15. The molecule has 0 saturated carbocycles. The summed E-state index contributed by atoms with van der Waals surface area (Å²) in [6.45, 7) is 4.10. The molecule has 0 heterocycles. The van der Waals surface area contributed by atoms with E-state index < -0.39 is 32.5 Å². The molecule has 9 nitrogen and oxygen atoms in total. The van der Waals surface area contributed by atoms with E-state index in [2.05, 4.69) is 38.2 Å². The summed E-state index contributed by atoms with van der Waals surface area (Å²) in [5.74, 6) is -0.934. The number of rotatable bonds is 35. The van der Waals surface area contributed by atoms with Gasteiger partial charge in [0.25, 0.3) is 7.82 Å². The Morgan fingerprint density at radius 3 is 1.68 bits per heavy atom. The van der Waals surface area contributed by atoms with Gasteiger partial charge in [-0.1, -0.05) is 121 Å². The predicted molar refractivity (Wildman–Crippen MR) is 204 cm³/mol. The van der Waals surface area contributed by atoms with Crippen LogP contribution in [-0.4, -0.2) is 70.0 Å². The second kappa shape index (κ2) is 33.1. The van der Waals surface area contributed by atoms with Crippen molar-refractivity contribution in [3.63, 3.8) is 0 Å². The average molecular weight is 728 g/mol. The van der Waals surface area contributed by atoms with E-state index in [-0.39, 0.29) is 26.1 Å². The van der Waals surface area contributed by atoms with Crippen LogP contribution in [-0.2, 0) is 32.7 Å². The summed E-state index contributed by atoms with van der Waals surface area (Å²) in [6, 6.07) is 0. The minimum Gasteiger partial charge on any atom is -0.756 e. The average Bonchev–Trinajstić information content (AvgIpc) is 3.06. The van der Waals surface area contributed by atoms with E-state index in [1.165, 1.54) is 77.0 Å². The van der Waals surface area contributed by atoms with E-state index >= 15 is 0 Å². The first-order valence-corrected chi connectivity index (χ1v) is 21.2. The Hall–Kier alpha value is -1.77. The summed E-state index contributed by atoms with van der Waals surface area (Å²) in [7, 11) is 1.12. The largest absolute Gasteiger partial charge is 0.756 e. The number of phosphoric ester groups is 1. The van der Waals surface area contributed by atoms with E-state index in [0.717, 1.165) is 38.5 Å². The van der Waals surface area contributed by atoms with Crippen molar-refractivity contribution < 1.29 is 42.1 Å². The molecule has 0 N–H and O–H groups in total. The van der Waals surface area contributed by atoms with E-state index in [4.69, 9.17) is 18.5 Å². The number of nitrogens with zero attached hydrogens (tertiary/aromatic N) is 1. The van der Waals surface area contributed by atoms with Crippen molar-refractivity contribution in [3.8, 4) is 0 Å². The van der Waals surface area contributed by atoms with Gasteiger partial charge in [-0.25, -0.2) is 0 Å². The molecule has 0 spiro atoms. The number of phosphoric acid groups is 1. The SMILES string of the molecule is CCCCCCCC/C=C/C/C=C/CCC(=O)OC(COC(=O)CCCCC/C=C/CCCCCCCC)COP(=O)([O-])OCC[N+](C)(C)C. The number of hydrogen-bond donors (Lipinski definition) is 0. The molecular formula is C40H74NO8P. The van der Waals surface area contributed by atoms with Crippen LogP contribution in [0.4, 0.5) is 0 Å². The zero-order valence-corrected chi connectivity index (χ0v) is 33.5. The van der Waals surface area contributed by atoms with Crippen molar-refractivity contribution in [2.24, 2.45) is 0 Å². The molecule has 0 aliphatic rings. The van der Waals surface area contributed by atoms with E-state index in [1.807, 2.05) is 33.3 Å². The van der Waals surface area contributed by atoms with Crippen LogP contribution in [0.5, 0.6) is 0 Å². The maximum absolute atomic E-state index is 12.6. The predicted octanol–water partition coefficient (Wildman–Crippen LogP) is 9.94. The van der Waals surface area contributed by atoms with Crippen molar-refractivity contribution >= 4 is 19.8 Å². The highest BCUT2D eigenvalue weighted by atomic mass is 31.2. The van der Waals surface area contributed by atoms with Gasteiger partial charge < -0.3 is 27.9 Å². The molecule has 0 radical (unpaired) electrons. The van der Waals surface area contributed by atoms with Crippen LogP contribution in [0.15, 0.2) is 36.5 Å². The Bertz CT molecular complexity index is 959. The first-order valence-electron chi connectivity index (χ1n) is 19.7.